The lowest BCUT2D eigenvalue weighted by molar-refractivity contribution is -0.129. The predicted octanol–water partition coefficient (Wildman–Crippen LogP) is 3.78. The minimum atomic E-state index is -1.09. The largest absolute Gasteiger partial charge is 0.496 e. The van der Waals surface area contributed by atoms with Crippen molar-refractivity contribution < 1.29 is 29.0 Å². The highest BCUT2D eigenvalue weighted by Crippen LogP contribution is 2.19. The number of nitrogens with two attached hydrogens (primary N) is 1. The molecule has 31 heavy (non-hydrogen) atoms. The zero-order valence-electron chi connectivity index (χ0n) is 17.9. The molecule has 0 spiro atoms. The fraction of sp³-hybridized carbons (Fsp3) is 0.217. The number of rotatable bonds is 10. The van der Waals surface area contributed by atoms with Crippen molar-refractivity contribution in [2.75, 3.05) is 27.4 Å². The summed E-state index contributed by atoms with van der Waals surface area (Å²) in [5.41, 5.74) is 1.85. The maximum absolute atomic E-state index is 10.4. The summed E-state index contributed by atoms with van der Waals surface area (Å²) in [6.07, 6.45) is 7.30. The van der Waals surface area contributed by atoms with Crippen LogP contribution in [0, 0.1) is 0 Å². The molecule has 0 aliphatic carbocycles. The number of carboxylic acid groups (broad SMARTS) is 1. The lowest BCUT2D eigenvalue weighted by Gasteiger charge is -2.03. The van der Waals surface area contributed by atoms with Crippen LogP contribution in [0.25, 0.3) is 12.2 Å². The molecule has 0 aliphatic heterocycles. The number of para-hydroxylation sites is 2. The number of carbonyl (C=O) groups is 1. The Morgan fingerprint density at radius 3 is 1.87 bits per heavy atom. The topological polar surface area (TPSA) is 113 Å². The molecule has 0 radical (unpaired) electrons. The molecule has 0 amide bonds. The van der Waals surface area contributed by atoms with Gasteiger partial charge in [-0.2, -0.15) is 0 Å². The molecule has 2 aromatic rings. The van der Waals surface area contributed by atoms with Gasteiger partial charge in [0.2, 0.25) is 0 Å². The summed E-state index contributed by atoms with van der Waals surface area (Å²) in [7, 11) is 3.25. The Balaban J connectivity index is 0.000000327. The minimum Gasteiger partial charge on any atom is -0.496 e. The summed E-state index contributed by atoms with van der Waals surface area (Å²) in [6, 6.07) is 15.3. The Bertz CT molecular complexity index is 893. The molecule has 8 heteroatoms. The third-order valence-corrected chi connectivity index (χ3v) is 3.75. The molecule has 0 unspecified atom stereocenters. The Labute approximate surface area is 182 Å². The minimum absolute atomic E-state index is 0.0827. The van der Waals surface area contributed by atoms with E-state index in [0.29, 0.717) is 6.61 Å². The molecule has 0 saturated carbocycles. The second-order valence-corrected chi connectivity index (χ2v) is 5.90. The average molecular weight is 428 g/mol. The first-order valence-corrected chi connectivity index (χ1v) is 9.34. The lowest BCUT2D eigenvalue weighted by atomic mass is 10.2. The number of nitrogens with zero attached hydrogens (tertiary/aromatic N) is 1. The van der Waals surface area contributed by atoms with Crippen LogP contribution in [0.2, 0.25) is 0 Å². The Morgan fingerprint density at radius 2 is 1.42 bits per heavy atom. The van der Waals surface area contributed by atoms with E-state index in [-0.39, 0.29) is 12.3 Å². The van der Waals surface area contributed by atoms with Crippen molar-refractivity contribution >= 4 is 23.8 Å². The number of hydrogen-bond acceptors (Lipinski definition) is 7. The summed E-state index contributed by atoms with van der Waals surface area (Å²) >= 11 is 0. The molecular weight excluding hydrogens is 400 g/mol. The molecular formula is C23H28N2O6. The van der Waals surface area contributed by atoms with Gasteiger partial charge in [-0.15, -0.1) is 0 Å². The van der Waals surface area contributed by atoms with Gasteiger partial charge in [0.25, 0.3) is 0 Å². The highest BCUT2D eigenvalue weighted by atomic mass is 16.6. The van der Waals surface area contributed by atoms with Crippen LogP contribution in [-0.2, 0) is 14.5 Å². The predicted molar refractivity (Wildman–Crippen MR) is 121 cm³/mol. The van der Waals surface area contributed by atoms with E-state index >= 15 is 0 Å². The van der Waals surface area contributed by atoms with Gasteiger partial charge in [0.1, 0.15) is 18.1 Å². The SMILES string of the molecule is COc1ccccc1C=CCON.COc1ccccc1C=CCON=C(C)C(=O)O. The smallest absolute Gasteiger partial charge is 0.353 e. The number of ether oxygens (including phenoxy) is 2. The van der Waals surface area contributed by atoms with Crippen molar-refractivity contribution in [1.82, 2.24) is 0 Å². The van der Waals surface area contributed by atoms with Crippen LogP contribution >= 0.6 is 0 Å². The molecule has 0 saturated heterocycles. The standard InChI is InChI=1S/C13H15NO4.C10H13NO2/c1-10(13(15)16)14-18-9-5-7-11-6-3-4-8-12(11)17-2;1-12-10-7-3-2-5-9(10)6-4-8-13-11/h3-8H,9H2,1-2H3,(H,15,16);2-7H,8,11H2,1H3. The third-order valence-electron chi connectivity index (χ3n) is 3.75. The summed E-state index contributed by atoms with van der Waals surface area (Å²) in [4.78, 5) is 19.7. The molecule has 0 aromatic heterocycles. The van der Waals surface area contributed by atoms with E-state index in [1.54, 1.807) is 20.3 Å². The third kappa shape index (κ3) is 10.1. The second-order valence-electron chi connectivity index (χ2n) is 5.90. The molecule has 0 aliphatic rings. The fourth-order valence-corrected chi connectivity index (χ4v) is 2.23. The number of hydrogen-bond donors (Lipinski definition) is 2. The molecule has 8 nitrogen and oxygen atoms in total. The molecule has 0 heterocycles. The Kier molecular flexibility index (Phi) is 12.5. The summed E-state index contributed by atoms with van der Waals surface area (Å²) < 4.78 is 10.3. The van der Waals surface area contributed by atoms with Crippen LogP contribution in [0.15, 0.2) is 65.8 Å². The van der Waals surface area contributed by atoms with Crippen LogP contribution in [0.3, 0.4) is 0 Å². The summed E-state index contributed by atoms with van der Waals surface area (Å²) in [6.45, 7) is 1.97. The molecule has 166 valence electrons. The lowest BCUT2D eigenvalue weighted by Crippen LogP contribution is -2.08. The van der Waals surface area contributed by atoms with Crippen LogP contribution in [0.1, 0.15) is 18.1 Å². The molecule has 0 bridgehead atoms. The first-order chi connectivity index (χ1) is 15.0. The van der Waals surface area contributed by atoms with Gasteiger partial charge in [-0.1, -0.05) is 59.8 Å². The van der Waals surface area contributed by atoms with Gasteiger partial charge in [-0.25, -0.2) is 10.7 Å². The second kappa shape index (κ2) is 15.3. The van der Waals surface area contributed by atoms with Crippen molar-refractivity contribution in [3.63, 3.8) is 0 Å². The number of methoxy groups -OCH3 is 2. The number of aliphatic carboxylic acids is 1. The Morgan fingerprint density at radius 1 is 0.935 bits per heavy atom. The van der Waals surface area contributed by atoms with Crippen LogP contribution in [0.4, 0.5) is 0 Å². The average Bonchev–Trinajstić information content (AvgIpc) is 2.79. The number of benzene rings is 2. The van der Waals surface area contributed by atoms with Crippen LogP contribution in [0.5, 0.6) is 11.5 Å². The van der Waals surface area contributed by atoms with Crippen molar-refractivity contribution in [1.29, 1.82) is 0 Å². The normalized spacial score (nSPS) is 11.2. The summed E-state index contributed by atoms with van der Waals surface area (Å²) in [5, 5.41) is 12.0. The van der Waals surface area contributed by atoms with Gasteiger partial charge in [0.05, 0.1) is 20.8 Å². The molecule has 0 atom stereocenters. The van der Waals surface area contributed by atoms with E-state index in [2.05, 4.69) is 9.99 Å². The quantitative estimate of drug-likeness (QED) is 0.336. The van der Waals surface area contributed by atoms with Crippen molar-refractivity contribution in [2.45, 2.75) is 6.92 Å². The van der Waals surface area contributed by atoms with Gasteiger partial charge in [0, 0.05) is 11.1 Å². The van der Waals surface area contributed by atoms with E-state index in [9.17, 15) is 4.79 Å². The van der Waals surface area contributed by atoms with E-state index in [1.165, 1.54) is 6.92 Å². The first-order valence-electron chi connectivity index (χ1n) is 9.34. The maximum Gasteiger partial charge on any atom is 0.353 e. The van der Waals surface area contributed by atoms with Gasteiger partial charge >= 0.3 is 5.97 Å². The van der Waals surface area contributed by atoms with Crippen LogP contribution in [-0.4, -0.2) is 44.2 Å². The fourth-order valence-electron chi connectivity index (χ4n) is 2.23. The number of carboxylic acids is 1. The van der Waals surface area contributed by atoms with Crippen molar-refractivity contribution in [2.24, 2.45) is 11.1 Å². The van der Waals surface area contributed by atoms with E-state index in [0.717, 1.165) is 22.6 Å². The van der Waals surface area contributed by atoms with Gasteiger partial charge in [-0.05, 0) is 25.1 Å². The molecule has 2 rings (SSSR count). The number of oxime groups is 1. The van der Waals surface area contributed by atoms with Crippen LogP contribution < -0.4 is 15.4 Å². The zero-order valence-corrected chi connectivity index (χ0v) is 17.9. The maximum atomic E-state index is 10.4. The van der Waals surface area contributed by atoms with Crippen molar-refractivity contribution in [3.8, 4) is 11.5 Å². The molecule has 2 aromatic carbocycles. The van der Waals surface area contributed by atoms with E-state index in [1.807, 2.05) is 66.8 Å². The van der Waals surface area contributed by atoms with E-state index in [4.69, 9.17) is 25.3 Å². The molecule has 0 fully saturated rings. The monoisotopic (exact) mass is 428 g/mol. The summed E-state index contributed by atoms with van der Waals surface area (Å²) in [5.74, 6) is 5.39. The Hall–Kier alpha value is -3.62. The van der Waals surface area contributed by atoms with Crippen molar-refractivity contribution in [3.05, 3.63) is 71.8 Å². The highest BCUT2D eigenvalue weighted by Gasteiger charge is 2.01. The van der Waals surface area contributed by atoms with E-state index < -0.39 is 5.97 Å². The zero-order chi connectivity index (χ0) is 22.9. The van der Waals surface area contributed by atoms with Gasteiger partial charge < -0.3 is 24.3 Å². The molecule has 3 N–H and O–H groups in total. The van der Waals surface area contributed by atoms with Gasteiger partial charge in [0.15, 0.2) is 5.71 Å². The first kappa shape index (κ1) is 25.4. The van der Waals surface area contributed by atoms with Gasteiger partial charge in [-0.3, -0.25) is 0 Å². The highest BCUT2D eigenvalue weighted by molar-refractivity contribution is 6.34.